The SMILES string of the molecule is COC(=O)N1CC2(C1)CN(c1ccc(C3NNC4CCC(O[C@H](C)c5c(Cl)cncc5Cl)CC43)cn1)C2. The summed E-state index contributed by atoms with van der Waals surface area (Å²) in [6.45, 7) is 5.36. The summed E-state index contributed by atoms with van der Waals surface area (Å²) in [5.74, 6) is 1.38. The maximum Gasteiger partial charge on any atom is 0.409 e. The lowest BCUT2D eigenvalue weighted by Crippen LogP contribution is -2.73. The van der Waals surface area contributed by atoms with E-state index in [2.05, 4.69) is 32.9 Å². The Balaban J connectivity index is 1.06. The minimum absolute atomic E-state index is 0.122. The number of hydrazine groups is 1. The Kier molecular flexibility index (Phi) is 6.69. The fourth-order valence-electron chi connectivity index (χ4n) is 6.55. The van der Waals surface area contributed by atoms with Crippen LogP contribution >= 0.6 is 23.2 Å². The molecule has 9 nitrogen and oxygen atoms in total. The molecule has 198 valence electrons. The van der Waals surface area contributed by atoms with Crippen LogP contribution in [0.1, 0.15) is 49.5 Å². The van der Waals surface area contributed by atoms with Crippen molar-refractivity contribution in [2.24, 2.45) is 11.3 Å². The number of methoxy groups -OCH3 is 1. The zero-order valence-corrected chi connectivity index (χ0v) is 22.5. The zero-order valence-electron chi connectivity index (χ0n) is 21.0. The van der Waals surface area contributed by atoms with Crippen molar-refractivity contribution in [3.05, 3.63) is 51.9 Å². The van der Waals surface area contributed by atoms with Crippen LogP contribution in [0.25, 0.3) is 0 Å². The first-order valence-corrected chi connectivity index (χ1v) is 13.6. The first-order chi connectivity index (χ1) is 17.9. The number of hydrogen-bond donors (Lipinski definition) is 2. The van der Waals surface area contributed by atoms with Gasteiger partial charge >= 0.3 is 6.09 Å². The van der Waals surface area contributed by atoms with Gasteiger partial charge in [0, 0.05) is 61.8 Å². The third-order valence-corrected chi connectivity index (χ3v) is 8.99. The normalized spacial score (nSPS) is 28.9. The van der Waals surface area contributed by atoms with Crippen LogP contribution in [0.3, 0.4) is 0 Å². The van der Waals surface area contributed by atoms with E-state index < -0.39 is 0 Å². The molecular formula is C26H32Cl2N6O3. The summed E-state index contributed by atoms with van der Waals surface area (Å²) >= 11 is 12.7. The predicted molar refractivity (Wildman–Crippen MR) is 141 cm³/mol. The van der Waals surface area contributed by atoms with E-state index in [-0.39, 0.29) is 29.8 Å². The van der Waals surface area contributed by atoms with Gasteiger partial charge in [-0.15, -0.1) is 0 Å². The molecule has 1 spiro atoms. The number of ether oxygens (including phenoxy) is 2. The number of amides is 1. The number of hydrogen-bond acceptors (Lipinski definition) is 8. The van der Waals surface area contributed by atoms with Gasteiger partial charge in [-0.3, -0.25) is 10.4 Å². The van der Waals surface area contributed by atoms with E-state index in [4.69, 9.17) is 37.7 Å². The zero-order chi connectivity index (χ0) is 25.7. The van der Waals surface area contributed by atoms with E-state index >= 15 is 0 Å². The minimum Gasteiger partial charge on any atom is -0.453 e. The summed E-state index contributed by atoms with van der Waals surface area (Å²) in [5, 5.41) is 1.07. The fourth-order valence-corrected chi connectivity index (χ4v) is 7.22. The van der Waals surface area contributed by atoms with E-state index in [9.17, 15) is 4.79 Å². The van der Waals surface area contributed by atoms with Crippen LogP contribution in [-0.4, -0.2) is 66.4 Å². The van der Waals surface area contributed by atoms with Crippen molar-refractivity contribution in [1.29, 1.82) is 0 Å². The Bertz CT molecular complexity index is 1130. The molecule has 0 radical (unpaired) electrons. The van der Waals surface area contributed by atoms with E-state index in [0.717, 1.165) is 56.8 Å². The Hall–Kier alpha value is -2.17. The maximum absolute atomic E-state index is 11.6. The number of rotatable bonds is 5. The molecule has 6 rings (SSSR count). The summed E-state index contributed by atoms with van der Waals surface area (Å²) < 4.78 is 11.3. The van der Waals surface area contributed by atoms with Gasteiger partial charge in [0.05, 0.1) is 35.4 Å². The molecule has 0 aromatic carbocycles. The molecule has 2 N–H and O–H groups in total. The predicted octanol–water partition coefficient (Wildman–Crippen LogP) is 4.14. The third kappa shape index (κ3) is 4.65. The number of carbonyl (C=O) groups excluding carboxylic acids is 1. The number of pyridine rings is 2. The molecule has 1 amide bonds. The van der Waals surface area contributed by atoms with E-state index in [0.29, 0.717) is 22.0 Å². The van der Waals surface area contributed by atoms with E-state index in [1.165, 1.54) is 12.7 Å². The summed E-state index contributed by atoms with van der Waals surface area (Å²) in [6, 6.07) is 4.87. The fraction of sp³-hybridized carbons (Fsp3) is 0.577. The lowest BCUT2D eigenvalue weighted by molar-refractivity contribution is -0.0370. The molecule has 1 aliphatic carbocycles. The molecule has 2 aromatic rings. The number of halogens is 2. The van der Waals surface area contributed by atoms with Crippen LogP contribution in [0, 0.1) is 11.3 Å². The average Bonchev–Trinajstić information content (AvgIpc) is 3.25. The molecule has 1 saturated carbocycles. The first kappa shape index (κ1) is 25.1. The highest BCUT2D eigenvalue weighted by Gasteiger charge is 2.54. The van der Waals surface area contributed by atoms with Crippen molar-refractivity contribution in [2.75, 3.05) is 38.2 Å². The molecule has 3 saturated heterocycles. The maximum atomic E-state index is 11.6. The van der Waals surface area contributed by atoms with Crippen LogP contribution in [0.2, 0.25) is 10.0 Å². The van der Waals surface area contributed by atoms with Crippen molar-refractivity contribution in [3.63, 3.8) is 0 Å². The average molecular weight is 547 g/mol. The van der Waals surface area contributed by atoms with Crippen molar-refractivity contribution in [2.45, 2.75) is 50.5 Å². The van der Waals surface area contributed by atoms with Gasteiger partial charge in [0.15, 0.2) is 0 Å². The lowest BCUT2D eigenvalue weighted by atomic mass is 9.73. The number of aromatic nitrogens is 2. The molecule has 5 heterocycles. The summed E-state index contributed by atoms with van der Waals surface area (Å²) in [5.41, 5.74) is 9.17. The second kappa shape index (κ2) is 9.85. The Morgan fingerprint density at radius 3 is 2.54 bits per heavy atom. The van der Waals surface area contributed by atoms with Gasteiger partial charge in [-0.1, -0.05) is 29.3 Å². The third-order valence-electron chi connectivity index (χ3n) is 8.39. The summed E-state index contributed by atoms with van der Waals surface area (Å²) in [4.78, 5) is 24.5. The quantitative estimate of drug-likeness (QED) is 0.578. The number of nitrogens with zero attached hydrogens (tertiary/aromatic N) is 4. The Morgan fingerprint density at radius 2 is 1.86 bits per heavy atom. The largest absolute Gasteiger partial charge is 0.453 e. The Labute approximate surface area is 226 Å². The molecule has 2 aromatic heterocycles. The molecule has 3 aliphatic heterocycles. The highest BCUT2D eigenvalue weighted by atomic mass is 35.5. The van der Waals surface area contributed by atoms with Crippen LogP contribution in [-0.2, 0) is 9.47 Å². The molecule has 4 aliphatic rings. The number of nitrogens with one attached hydrogen (secondary N) is 2. The van der Waals surface area contributed by atoms with Crippen LogP contribution in [0.5, 0.6) is 0 Å². The van der Waals surface area contributed by atoms with Crippen molar-refractivity contribution >= 4 is 35.1 Å². The van der Waals surface area contributed by atoms with Crippen LogP contribution in [0.15, 0.2) is 30.7 Å². The smallest absolute Gasteiger partial charge is 0.409 e. The summed E-state index contributed by atoms with van der Waals surface area (Å²) in [7, 11) is 1.43. The first-order valence-electron chi connectivity index (χ1n) is 12.8. The monoisotopic (exact) mass is 546 g/mol. The number of anilines is 1. The van der Waals surface area contributed by atoms with E-state index in [1.54, 1.807) is 17.3 Å². The summed E-state index contributed by atoms with van der Waals surface area (Å²) in [6.07, 6.45) is 7.85. The van der Waals surface area contributed by atoms with E-state index in [1.807, 2.05) is 13.1 Å². The van der Waals surface area contributed by atoms with Gasteiger partial charge in [0.1, 0.15) is 5.82 Å². The minimum atomic E-state index is -0.239. The van der Waals surface area contributed by atoms with Gasteiger partial charge in [0.2, 0.25) is 0 Å². The second-order valence-corrected chi connectivity index (χ2v) is 11.7. The number of carbonyl (C=O) groups is 1. The number of likely N-dealkylation sites (tertiary alicyclic amines) is 1. The molecule has 4 fully saturated rings. The standard InChI is InChI=1S/C26H32Cl2N6O3/c1-15(23-19(27)9-29-10-20(23)28)37-17-4-5-21-18(7-17)24(32-31-21)16-3-6-22(30-8-16)33-11-26(12-33)13-34(14-26)25(35)36-2/h3,6,8-10,15,17-18,21,24,31-32H,4-5,7,11-14H2,1-2H3/t15-,17?,18?,21?,24?/m1/s1. The highest BCUT2D eigenvalue weighted by molar-refractivity contribution is 6.35. The molecule has 11 heteroatoms. The molecule has 5 atom stereocenters. The van der Waals surface area contributed by atoms with Gasteiger partial charge in [-0.05, 0) is 43.7 Å². The van der Waals surface area contributed by atoms with Gasteiger partial charge in [0.25, 0.3) is 0 Å². The second-order valence-electron chi connectivity index (χ2n) is 10.9. The topological polar surface area (TPSA) is 91.9 Å². The van der Waals surface area contributed by atoms with Crippen molar-refractivity contribution in [1.82, 2.24) is 25.7 Å². The van der Waals surface area contributed by atoms with Gasteiger partial charge in [-0.2, -0.15) is 0 Å². The van der Waals surface area contributed by atoms with Crippen molar-refractivity contribution in [3.8, 4) is 0 Å². The number of fused-ring (bicyclic) bond motifs is 1. The Morgan fingerprint density at radius 1 is 1.11 bits per heavy atom. The van der Waals surface area contributed by atoms with Gasteiger partial charge < -0.3 is 19.3 Å². The molecular weight excluding hydrogens is 515 g/mol. The molecule has 37 heavy (non-hydrogen) atoms. The van der Waals surface area contributed by atoms with Gasteiger partial charge in [-0.25, -0.2) is 15.2 Å². The highest BCUT2D eigenvalue weighted by Crippen LogP contribution is 2.43. The molecule has 4 unspecified atom stereocenters. The van der Waals surface area contributed by atoms with Crippen LogP contribution < -0.4 is 15.8 Å². The molecule has 0 bridgehead atoms. The van der Waals surface area contributed by atoms with Crippen molar-refractivity contribution < 1.29 is 14.3 Å². The lowest BCUT2D eigenvalue weighted by Gasteiger charge is -2.59. The van der Waals surface area contributed by atoms with Crippen LogP contribution in [0.4, 0.5) is 10.6 Å².